The summed E-state index contributed by atoms with van der Waals surface area (Å²) in [6, 6.07) is 0.946. The van der Waals surface area contributed by atoms with Crippen molar-refractivity contribution < 1.29 is 104 Å². The number of phosphoric ester groups is 2. The monoisotopic (exact) mass is 1130 g/mol. The van der Waals surface area contributed by atoms with E-state index < -0.39 is 147 Å². The number of aromatic amines is 2. The van der Waals surface area contributed by atoms with Crippen molar-refractivity contribution in [2.24, 2.45) is 13.0 Å². The Bertz CT molecular complexity index is 3260. The maximum absolute atomic E-state index is 13.7. The highest BCUT2D eigenvalue weighted by Crippen LogP contribution is 2.68. The number of methoxy groups -OCH3 is 2. The van der Waals surface area contributed by atoms with Gasteiger partial charge in [-0.15, -0.1) is 0 Å². The van der Waals surface area contributed by atoms with E-state index in [9.17, 15) is 67.5 Å². The molecule has 0 saturated carbocycles. The second kappa shape index (κ2) is 21.4. The number of hydrogen-bond acceptors (Lipinski definition) is 27. The van der Waals surface area contributed by atoms with Crippen LogP contribution in [0.2, 0.25) is 0 Å². The summed E-state index contributed by atoms with van der Waals surface area (Å²) >= 11 is 0. The maximum Gasteiger partial charge on any atom is 0.490 e. The molecular weight excluding hydrogens is 1080 g/mol. The third kappa shape index (κ3) is 11.7. The Morgan fingerprint density at radius 3 is 2.16 bits per heavy atom. The molecule has 3 saturated heterocycles. The predicted molar refractivity (Wildman–Crippen MR) is 238 cm³/mol. The summed E-state index contributed by atoms with van der Waals surface area (Å²) < 4.78 is 110. The van der Waals surface area contributed by atoms with Crippen molar-refractivity contribution >= 4 is 65.2 Å². The van der Waals surface area contributed by atoms with E-state index in [1.54, 1.807) is 0 Å². The number of aliphatic hydroxyl groups is 3. The van der Waals surface area contributed by atoms with Gasteiger partial charge >= 0.3 is 34.8 Å². The molecule has 40 heteroatoms. The van der Waals surface area contributed by atoms with Crippen molar-refractivity contribution in [1.82, 2.24) is 43.6 Å². The minimum absolute atomic E-state index is 0.0188. The van der Waals surface area contributed by atoms with Gasteiger partial charge in [-0.1, -0.05) is 4.98 Å². The smallest absolute Gasteiger partial charge is 0.490 e. The summed E-state index contributed by atoms with van der Waals surface area (Å²) in [5.41, 5.74) is 9.37. The van der Waals surface area contributed by atoms with Crippen LogP contribution in [0, 0.1) is 5.92 Å². The molecular formula is C34H48N12O24P4. The topological polar surface area (TPSA) is 510 Å². The van der Waals surface area contributed by atoms with Crippen molar-refractivity contribution in [3.63, 3.8) is 0 Å². The van der Waals surface area contributed by atoms with E-state index in [0.29, 0.717) is 0 Å². The van der Waals surface area contributed by atoms with Crippen LogP contribution in [0.4, 0.5) is 11.8 Å². The fraction of sp³-hybridized carbons (Fsp3) is 0.588. The van der Waals surface area contributed by atoms with Crippen LogP contribution in [0.25, 0.3) is 22.3 Å². The molecule has 0 amide bonds. The van der Waals surface area contributed by atoms with Crippen molar-refractivity contribution in [3.05, 3.63) is 62.4 Å². The zero-order valence-corrected chi connectivity index (χ0v) is 42.0. The van der Waals surface area contributed by atoms with E-state index in [1.807, 2.05) is 4.98 Å². The molecule has 3 fully saturated rings. The van der Waals surface area contributed by atoms with Crippen LogP contribution in [0.15, 0.2) is 45.6 Å². The Morgan fingerprint density at radius 1 is 0.824 bits per heavy atom. The molecule has 4 unspecified atom stereocenters. The SMILES string of the molecule is COC[C@H]1[C@@H](O)[C@H]([n+]2cn(C)c3c(=O)[nH]c(N)nc32)O[C@@H]1COP(=O)(O)OP(=O)(O)OP(=O)(O)OC[C@H]1O[C@@H](n2cnc3c(N)ncnc32)[C@H](OC)[C@@H]1OP(=O)([O-])CC[C@H]1O[C@@H](n2ccc(=O)[nH]c2=O)[C@H](O)[C@@H]1O. The lowest BCUT2D eigenvalue weighted by Gasteiger charge is -2.32. The number of aromatic nitrogens is 10. The molecule has 8 heterocycles. The van der Waals surface area contributed by atoms with Crippen molar-refractivity contribution in [3.8, 4) is 0 Å². The van der Waals surface area contributed by atoms with Gasteiger partial charge in [-0.3, -0.25) is 42.3 Å². The van der Waals surface area contributed by atoms with Gasteiger partial charge in [0.1, 0.15) is 56.1 Å². The Kier molecular flexibility index (Phi) is 16.1. The van der Waals surface area contributed by atoms with Crippen LogP contribution in [0.3, 0.4) is 0 Å². The van der Waals surface area contributed by atoms with Gasteiger partial charge in [0.15, 0.2) is 30.2 Å². The number of nitrogens with one attached hydrogen (secondary N) is 2. The zero-order valence-electron chi connectivity index (χ0n) is 38.4. The molecule has 0 spiro atoms. The molecule has 3 aliphatic rings. The second-order valence-electron chi connectivity index (χ2n) is 16.7. The first-order valence-corrected chi connectivity index (χ1v) is 27.7. The van der Waals surface area contributed by atoms with Gasteiger partial charge in [-0.05, 0) is 6.42 Å². The van der Waals surface area contributed by atoms with E-state index >= 15 is 0 Å². The molecule has 408 valence electrons. The van der Waals surface area contributed by atoms with Gasteiger partial charge in [0.2, 0.25) is 11.7 Å². The molecule has 0 bridgehead atoms. The maximum atomic E-state index is 13.7. The zero-order chi connectivity index (χ0) is 53.8. The standard InChI is InChI=1S/C34H48N12O24P4/c1-43-13-46(28-20(43)29(51)42-33(36)41-28)30-21(48)14(8-61-2)16(66-30)9-63-72(55,56)69-74(59,60)70-73(57,58)64-10-17-24(25(62-3)32(67-17)45-12-39-19-26(35)37-11-38-27(19)45)68-71(53,54)7-5-15-22(49)23(50)31(65-15)44-6-4-18(47)40-34(44)52/h4,6,11-17,21-25,30-32,48-50H,5,7-10H2,1-3H3,(H9-,35,36,37,38,40,41,42,47,51,52,53,54,55,56,57,58,59,60)/t14-,15-,16-,17-,21-,22-,23-,24-,25-,30-,31-,32-/m1/s1. The highest BCUT2D eigenvalue weighted by atomic mass is 31.3. The number of nitrogens with zero attached hydrogens (tertiary/aromatic N) is 8. The number of aliphatic hydroxyl groups excluding tert-OH is 3. The highest BCUT2D eigenvalue weighted by Gasteiger charge is 2.53. The quantitative estimate of drug-likeness (QED) is 0.0246. The lowest BCUT2D eigenvalue weighted by atomic mass is 9.99. The number of anilines is 2. The van der Waals surface area contributed by atoms with E-state index in [4.69, 9.17) is 48.7 Å². The van der Waals surface area contributed by atoms with E-state index in [-0.39, 0.29) is 40.7 Å². The first-order chi connectivity index (χ1) is 34.7. The van der Waals surface area contributed by atoms with Crippen LogP contribution in [0.1, 0.15) is 25.1 Å². The Balaban J connectivity index is 0.939. The fourth-order valence-corrected chi connectivity index (χ4v) is 13.4. The molecule has 0 aromatic carbocycles. The average Bonchev–Trinajstić information content (AvgIpc) is 4.10. The molecule has 0 aliphatic carbocycles. The first-order valence-electron chi connectivity index (χ1n) is 21.4. The van der Waals surface area contributed by atoms with E-state index in [0.717, 1.165) is 36.6 Å². The van der Waals surface area contributed by atoms with Crippen molar-refractivity contribution in [1.29, 1.82) is 0 Å². The summed E-state index contributed by atoms with van der Waals surface area (Å²) in [7, 11) is -19.2. The summed E-state index contributed by atoms with van der Waals surface area (Å²) in [6.45, 7) is -2.44. The normalized spacial score (nSPS) is 30.6. The molecule has 16 atom stereocenters. The molecule has 5 aromatic rings. The first kappa shape index (κ1) is 55.6. The molecule has 5 aromatic heterocycles. The molecule has 74 heavy (non-hydrogen) atoms. The van der Waals surface area contributed by atoms with Crippen LogP contribution in [-0.2, 0) is 71.2 Å². The minimum atomic E-state index is -6.17. The summed E-state index contributed by atoms with van der Waals surface area (Å²) in [4.78, 5) is 102. The minimum Gasteiger partial charge on any atom is -0.778 e. The van der Waals surface area contributed by atoms with Gasteiger partial charge < -0.3 is 79.1 Å². The van der Waals surface area contributed by atoms with Gasteiger partial charge in [0, 0.05) is 38.6 Å². The molecule has 36 nitrogen and oxygen atoms in total. The average molecular weight is 1130 g/mol. The summed E-state index contributed by atoms with van der Waals surface area (Å²) in [5, 5.41) is 32.6. The third-order valence-corrected chi connectivity index (χ3v) is 17.4. The molecule has 0 radical (unpaired) electrons. The van der Waals surface area contributed by atoms with Gasteiger partial charge in [0.05, 0.1) is 45.4 Å². The van der Waals surface area contributed by atoms with Crippen LogP contribution < -0.4 is 37.7 Å². The molecule has 3 aliphatic heterocycles. The number of ether oxygens (including phenoxy) is 5. The summed E-state index contributed by atoms with van der Waals surface area (Å²) in [6.07, 6.45) is -14.2. The number of fused-ring (bicyclic) bond motifs is 2. The van der Waals surface area contributed by atoms with E-state index in [1.165, 1.54) is 34.2 Å². The number of rotatable bonds is 21. The lowest BCUT2D eigenvalue weighted by Crippen LogP contribution is -2.45. The fourth-order valence-electron chi connectivity index (χ4n) is 8.55. The van der Waals surface area contributed by atoms with Crippen LogP contribution in [-0.4, -0.2) is 163 Å². The van der Waals surface area contributed by atoms with Gasteiger partial charge in [-0.2, -0.15) is 8.62 Å². The van der Waals surface area contributed by atoms with Crippen molar-refractivity contribution in [2.45, 2.75) is 73.9 Å². The number of H-pyrrole nitrogens is 2. The lowest BCUT2D eigenvalue weighted by molar-refractivity contribution is -0.745. The van der Waals surface area contributed by atoms with Crippen LogP contribution in [0.5, 0.6) is 0 Å². The Hall–Kier alpha value is -4.58. The number of phosphoric acid groups is 3. The van der Waals surface area contributed by atoms with E-state index in [2.05, 4.69) is 33.5 Å². The number of aryl methyl sites for hydroxylation is 1. The number of nitrogen functional groups attached to an aromatic ring is 2. The molecule has 12 N–H and O–H groups in total. The highest BCUT2D eigenvalue weighted by molar-refractivity contribution is 7.66. The Morgan fingerprint density at radius 2 is 1.50 bits per heavy atom. The van der Waals surface area contributed by atoms with Crippen LogP contribution >= 0.6 is 31.1 Å². The number of imidazole rings is 2. The summed E-state index contributed by atoms with van der Waals surface area (Å²) in [5.74, 6) is -1.38. The number of nitrogens with two attached hydrogens (primary N) is 2. The van der Waals surface area contributed by atoms with Gasteiger partial charge in [0.25, 0.3) is 17.1 Å². The predicted octanol–water partition coefficient (Wildman–Crippen LogP) is -4.15. The largest absolute Gasteiger partial charge is 0.778 e. The second-order valence-corrected chi connectivity index (χ2v) is 23.2. The third-order valence-electron chi connectivity index (χ3n) is 11.8. The van der Waals surface area contributed by atoms with Crippen molar-refractivity contribution in [2.75, 3.05) is 51.7 Å². The molecule has 8 rings (SSSR count). The number of hydrogen-bond donors (Lipinski definition) is 10. The Labute approximate surface area is 412 Å². The van der Waals surface area contributed by atoms with Gasteiger partial charge in [-0.25, -0.2) is 38.0 Å².